The number of benzene rings is 1. The lowest BCUT2D eigenvalue weighted by Gasteiger charge is -2.01. The van der Waals surface area contributed by atoms with Crippen LogP contribution < -0.4 is 10.2 Å². The van der Waals surface area contributed by atoms with Gasteiger partial charge in [-0.3, -0.25) is 4.79 Å². The van der Waals surface area contributed by atoms with Crippen LogP contribution in [0, 0.1) is 5.92 Å². The van der Waals surface area contributed by atoms with Crippen molar-refractivity contribution in [3.63, 3.8) is 0 Å². The monoisotopic (exact) mass is 298 g/mol. The van der Waals surface area contributed by atoms with E-state index in [1.54, 1.807) is 31.4 Å². The number of carbonyl (C=O) groups is 1. The molecule has 0 bridgehead atoms. The van der Waals surface area contributed by atoms with Crippen LogP contribution in [0.4, 0.5) is 0 Å². The van der Waals surface area contributed by atoms with E-state index in [1.165, 1.54) is 12.6 Å². The Balaban J connectivity index is 1.56. The zero-order valence-corrected chi connectivity index (χ0v) is 12.6. The normalized spacial score (nSPS) is 20.1. The van der Waals surface area contributed by atoms with Crippen molar-refractivity contribution in [2.45, 2.75) is 19.3 Å². The Morgan fingerprint density at radius 1 is 1.32 bits per heavy atom. The first-order valence-corrected chi connectivity index (χ1v) is 7.24. The molecule has 22 heavy (non-hydrogen) atoms. The van der Waals surface area contributed by atoms with E-state index in [2.05, 4.69) is 17.5 Å². The van der Waals surface area contributed by atoms with E-state index in [-0.39, 0.29) is 5.91 Å². The van der Waals surface area contributed by atoms with Crippen molar-refractivity contribution < 1.29 is 13.9 Å². The van der Waals surface area contributed by atoms with E-state index in [0.29, 0.717) is 28.9 Å². The van der Waals surface area contributed by atoms with Crippen molar-refractivity contribution >= 4 is 12.1 Å². The minimum atomic E-state index is -0.276. The predicted octanol–water partition coefficient (Wildman–Crippen LogP) is 3.18. The summed E-state index contributed by atoms with van der Waals surface area (Å²) >= 11 is 0. The summed E-state index contributed by atoms with van der Waals surface area (Å²) in [6.45, 7) is 2.20. The summed E-state index contributed by atoms with van der Waals surface area (Å²) in [5.74, 6) is 3.31. The van der Waals surface area contributed by atoms with Crippen LogP contribution in [-0.2, 0) is 0 Å². The van der Waals surface area contributed by atoms with Crippen LogP contribution in [0.25, 0.3) is 0 Å². The summed E-state index contributed by atoms with van der Waals surface area (Å²) in [5.41, 5.74) is 3.00. The summed E-state index contributed by atoms with van der Waals surface area (Å²) < 4.78 is 10.7. The van der Waals surface area contributed by atoms with E-state index in [9.17, 15) is 4.79 Å². The molecule has 1 N–H and O–H groups in total. The van der Waals surface area contributed by atoms with Crippen molar-refractivity contribution in [2.24, 2.45) is 11.0 Å². The van der Waals surface area contributed by atoms with Gasteiger partial charge in [0.1, 0.15) is 17.3 Å². The quantitative estimate of drug-likeness (QED) is 0.681. The zero-order chi connectivity index (χ0) is 15.5. The number of hydrogen-bond donors (Lipinski definition) is 1. The highest BCUT2D eigenvalue weighted by Crippen LogP contribution is 2.47. The van der Waals surface area contributed by atoms with Crippen molar-refractivity contribution in [1.29, 1.82) is 0 Å². The lowest BCUT2D eigenvalue weighted by Crippen LogP contribution is -2.17. The molecule has 0 saturated heterocycles. The second-order valence-electron chi connectivity index (χ2n) is 5.49. The second-order valence-corrected chi connectivity index (χ2v) is 5.49. The van der Waals surface area contributed by atoms with E-state index in [0.717, 1.165) is 5.76 Å². The number of nitrogens with one attached hydrogen (secondary N) is 1. The molecule has 1 aliphatic carbocycles. The molecule has 1 aliphatic rings. The number of carbonyl (C=O) groups excluding carboxylic acids is 1. The molecule has 1 fully saturated rings. The third-order valence-electron chi connectivity index (χ3n) is 3.83. The van der Waals surface area contributed by atoms with Gasteiger partial charge in [0.15, 0.2) is 0 Å². The molecule has 0 unspecified atom stereocenters. The maximum atomic E-state index is 11.9. The number of methoxy groups -OCH3 is 1. The molecule has 2 aromatic rings. The fourth-order valence-electron chi connectivity index (χ4n) is 2.32. The van der Waals surface area contributed by atoms with Crippen LogP contribution in [0.5, 0.6) is 5.75 Å². The Labute approximate surface area is 129 Å². The SMILES string of the molecule is COc1ccc(C(=O)N/N=C\c2ccc([C@H]3C[C@H]3C)o2)cc1. The van der Waals surface area contributed by atoms with Gasteiger partial charge in [0, 0.05) is 11.5 Å². The Bertz CT molecular complexity index is 688. The predicted molar refractivity (Wildman–Crippen MR) is 83.3 cm³/mol. The maximum absolute atomic E-state index is 11.9. The number of ether oxygens (including phenoxy) is 1. The van der Waals surface area contributed by atoms with Gasteiger partial charge in [-0.05, 0) is 48.7 Å². The van der Waals surface area contributed by atoms with Crippen LogP contribution in [0.1, 0.15) is 41.1 Å². The topological polar surface area (TPSA) is 63.8 Å². The number of nitrogens with zero attached hydrogens (tertiary/aromatic N) is 1. The molecule has 0 aliphatic heterocycles. The molecular weight excluding hydrogens is 280 g/mol. The van der Waals surface area contributed by atoms with E-state index in [4.69, 9.17) is 9.15 Å². The molecule has 114 valence electrons. The lowest BCUT2D eigenvalue weighted by molar-refractivity contribution is 0.0955. The fourth-order valence-corrected chi connectivity index (χ4v) is 2.32. The molecule has 5 nitrogen and oxygen atoms in total. The third kappa shape index (κ3) is 3.19. The summed E-state index contributed by atoms with van der Waals surface area (Å²) in [6, 6.07) is 10.7. The van der Waals surface area contributed by atoms with Crippen LogP contribution in [0.15, 0.2) is 45.9 Å². The molecule has 0 spiro atoms. The van der Waals surface area contributed by atoms with Gasteiger partial charge >= 0.3 is 0 Å². The fraction of sp³-hybridized carbons (Fsp3) is 0.294. The summed E-state index contributed by atoms with van der Waals surface area (Å²) in [5, 5.41) is 3.92. The van der Waals surface area contributed by atoms with Crippen LogP contribution in [-0.4, -0.2) is 19.2 Å². The van der Waals surface area contributed by atoms with Crippen molar-refractivity contribution in [3.05, 3.63) is 53.5 Å². The first kappa shape index (κ1) is 14.4. The first-order chi connectivity index (χ1) is 10.7. The third-order valence-corrected chi connectivity index (χ3v) is 3.83. The average Bonchev–Trinajstić information content (AvgIpc) is 3.09. The van der Waals surface area contributed by atoms with Crippen LogP contribution in [0.2, 0.25) is 0 Å². The van der Waals surface area contributed by atoms with Crippen molar-refractivity contribution in [3.8, 4) is 5.75 Å². The van der Waals surface area contributed by atoms with Gasteiger partial charge in [0.2, 0.25) is 0 Å². The smallest absolute Gasteiger partial charge is 0.271 e. The molecule has 3 rings (SSSR count). The highest BCUT2D eigenvalue weighted by atomic mass is 16.5. The molecular formula is C17H18N2O3. The molecule has 2 atom stereocenters. The maximum Gasteiger partial charge on any atom is 0.271 e. The number of hydrazone groups is 1. The Hall–Kier alpha value is -2.56. The zero-order valence-electron chi connectivity index (χ0n) is 12.6. The van der Waals surface area contributed by atoms with Gasteiger partial charge in [0.05, 0.1) is 13.3 Å². The Morgan fingerprint density at radius 2 is 2.05 bits per heavy atom. The van der Waals surface area contributed by atoms with E-state index < -0.39 is 0 Å². The van der Waals surface area contributed by atoms with Gasteiger partial charge in [-0.1, -0.05) is 6.92 Å². The Morgan fingerprint density at radius 3 is 2.68 bits per heavy atom. The number of hydrogen-bond acceptors (Lipinski definition) is 4. The molecule has 1 aromatic heterocycles. The van der Waals surface area contributed by atoms with E-state index >= 15 is 0 Å². The summed E-state index contributed by atoms with van der Waals surface area (Å²) in [6.07, 6.45) is 2.69. The standard InChI is InChI=1S/C17H18N2O3/c1-11-9-15(11)16-8-7-14(22-16)10-18-19-17(20)12-3-5-13(21-2)6-4-12/h3-8,10-11,15H,9H2,1-2H3,(H,19,20)/b18-10-/t11-,15+/m1/s1. The number of amides is 1. The molecule has 1 heterocycles. The average molecular weight is 298 g/mol. The van der Waals surface area contributed by atoms with E-state index in [1.807, 2.05) is 12.1 Å². The van der Waals surface area contributed by atoms with Gasteiger partial charge < -0.3 is 9.15 Å². The first-order valence-electron chi connectivity index (χ1n) is 7.24. The molecule has 1 saturated carbocycles. The van der Waals surface area contributed by atoms with Crippen LogP contribution >= 0.6 is 0 Å². The minimum Gasteiger partial charge on any atom is -0.497 e. The van der Waals surface area contributed by atoms with Gasteiger partial charge in [-0.25, -0.2) is 5.43 Å². The number of furan rings is 1. The highest BCUT2D eigenvalue weighted by molar-refractivity contribution is 5.94. The molecule has 5 heteroatoms. The van der Waals surface area contributed by atoms with Gasteiger partial charge in [-0.2, -0.15) is 5.10 Å². The van der Waals surface area contributed by atoms with Crippen molar-refractivity contribution in [1.82, 2.24) is 5.43 Å². The largest absolute Gasteiger partial charge is 0.497 e. The number of rotatable bonds is 5. The summed E-state index contributed by atoms with van der Waals surface area (Å²) in [7, 11) is 1.58. The lowest BCUT2D eigenvalue weighted by atomic mass is 10.2. The molecule has 0 radical (unpaired) electrons. The minimum absolute atomic E-state index is 0.276. The highest BCUT2D eigenvalue weighted by Gasteiger charge is 2.36. The van der Waals surface area contributed by atoms with Gasteiger partial charge in [-0.15, -0.1) is 0 Å². The van der Waals surface area contributed by atoms with Crippen LogP contribution in [0.3, 0.4) is 0 Å². The molecule has 1 amide bonds. The molecule has 1 aromatic carbocycles. The second kappa shape index (κ2) is 6.05. The van der Waals surface area contributed by atoms with Gasteiger partial charge in [0.25, 0.3) is 5.91 Å². The Kier molecular flexibility index (Phi) is 3.96. The van der Waals surface area contributed by atoms with Crippen molar-refractivity contribution in [2.75, 3.05) is 7.11 Å². The summed E-state index contributed by atoms with van der Waals surface area (Å²) in [4.78, 5) is 11.9.